The van der Waals surface area contributed by atoms with Gasteiger partial charge in [-0.05, 0) is 73.5 Å². The smallest absolute Gasteiger partial charge is 0.255 e. The molecule has 2 N–H and O–H groups in total. The van der Waals surface area contributed by atoms with Crippen molar-refractivity contribution < 1.29 is 18.0 Å². The monoisotopic (exact) mass is 456 g/mol. The molecule has 3 rings (SSSR count). The highest BCUT2D eigenvalue weighted by atomic mass is 35.5. The van der Waals surface area contributed by atoms with Crippen molar-refractivity contribution >= 4 is 44.6 Å². The fourth-order valence-electron chi connectivity index (χ4n) is 2.84. The molecule has 0 saturated carbocycles. The Hall–Kier alpha value is -3.16. The van der Waals surface area contributed by atoms with E-state index >= 15 is 0 Å². The molecule has 2 amide bonds. The second kappa shape index (κ2) is 8.91. The van der Waals surface area contributed by atoms with Gasteiger partial charge in [-0.15, -0.1) is 0 Å². The highest BCUT2D eigenvalue weighted by molar-refractivity contribution is 7.90. The van der Waals surface area contributed by atoms with Gasteiger partial charge in [0, 0.05) is 23.1 Å². The molecule has 0 fully saturated rings. The molecule has 0 aromatic heterocycles. The second-order valence-electron chi connectivity index (χ2n) is 7.20. The topological polar surface area (TPSA) is 92.3 Å². The van der Waals surface area contributed by atoms with Gasteiger partial charge in [0.25, 0.3) is 11.8 Å². The maximum atomic E-state index is 12.5. The summed E-state index contributed by atoms with van der Waals surface area (Å²) in [6.45, 7) is 3.91. The van der Waals surface area contributed by atoms with Gasteiger partial charge in [-0.25, -0.2) is 8.42 Å². The number of sulfone groups is 1. The molecule has 0 aliphatic rings. The van der Waals surface area contributed by atoms with Gasteiger partial charge in [-0.3, -0.25) is 9.59 Å². The van der Waals surface area contributed by atoms with Gasteiger partial charge in [0.05, 0.1) is 15.6 Å². The van der Waals surface area contributed by atoms with Crippen LogP contribution >= 0.6 is 11.6 Å². The molecule has 31 heavy (non-hydrogen) atoms. The van der Waals surface area contributed by atoms with Crippen LogP contribution in [0.25, 0.3) is 0 Å². The van der Waals surface area contributed by atoms with Crippen molar-refractivity contribution in [3.63, 3.8) is 0 Å². The molecule has 0 saturated heterocycles. The molecule has 160 valence electrons. The van der Waals surface area contributed by atoms with Crippen LogP contribution in [0.4, 0.5) is 11.4 Å². The predicted octanol–water partition coefficient (Wildman–Crippen LogP) is 4.86. The van der Waals surface area contributed by atoms with Gasteiger partial charge < -0.3 is 10.6 Å². The number of hydrogen-bond acceptors (Lipinski definition) is 4. The molecule has 3 aromatic carbocycles. The van der Waals surface area contributed by atoms with E-state index in [0.717, 1.165) is 17.4 Å². The molecule has 8 heteroatoms. The molecule has 0 aliphatic carbocycles. The third-order valence-corrected chi connectivity index (χ3v) is 6.19. The average molecular weight is 457 g/mol. The summed E-state index contributed by atoms with van der Waals surface area (Å²) in [6, 6.07) is 15.9. The van der Waals surface area contributed by atoms with E-state index in [-0.39, 0.29) is 21.4 Å². The van der Waals surface area contributed by atoms with E-state index < -0.39 is 15.7 Å². The van der Waals surface area contributed by atoms with Crippen LogP contribution in [0, 0.1) is 13.8 Å². The summed E-state index contributed by atoms with van der Waals surface area (Å²) in [4.78, 5) is 25.0. The van der Waals surface area contributed by atoms with E-state index in [2.05, 4.69) is 10.6 Å². The van der Waals surface area contributed by atoms with Crippen molar-refractivity contribution in [3.05, 3.63) is 87.9 Å². The van der Waals surface area contributed by atoms with Gasteiger partial charge in [0.15, 0.2) is 9.84 Å². The Labute approximate surface area is 186 Å². The van der Waals surface area contributed by atoms with Crippen molar-refractivity contribution in [2.75, 3.05) is 16.9 Å². The first-order chi connectivity index (χ1) is 14.5. The van der Waals surface area contributed by atoms with Crippen LogP contribution < -0.4 is 10.6 Å². The zero-order valence-electron chi connectivity index (χ0n) is 17.2. The van der Waals surface area contributed by atoms with Gasteiger partial charge in [0.1, 0.15) is 0 Å². The van der Waals surface area contributed by atoms with Crippen LogP contribution in [0.3, 0.4) is 0 Å². The van der Waals surface area contributed by atoms with Crippen molar-refractivity contribution in [3.8, 4) is 0 Å². The summed E-state index contributed by atoms with van der Waals surface area (Å²) in [5.41, 5.74) is 3.64. The lowest BCUT2D eigenvalue weighted by molar-refractivity contribution is 0.101. The number of nitrogens with one attached hydrogen (secondary N) is 2. The number of aryl methyl sites for hydroxylation is 2. The number of carbonyl (C=O) groups is 2. The van der Waals surface area contributed by atoms with Crippen LogP contribution in [-0.2, 0) is 9.84 Å². The van der Waals surface area contributed by atoms with Gasteiger partial charge in [-0.2, -0.15) is 0 Å². The number of anilines is 2. The Morgan fingerprint density at radius 2 is 1.48 bits per heavy atom. The summed E-state index contributed by atoms with van der Waals surface area (Å²) in [5, 5.41) is 5.66. The molecule has 0 radical (unpaired) electrons. The molecule has 0 atom stereocenters. The standard InChI is InChI=1S/C23H21ClN2O4S/c1-14-7-8-17(11-15(14)2)22(27)25-18-9-10-21(20(24)13-18)26-23(28)16-5-4-6-19(12-16)31(3,29)30/h4-13H,1-3H3,(H,25,27)(H,26,28). The van der Waals surface area contributed by atoms with Gasteiger partial charge in [-0.1, -0.05) is 23.7 Å². The minimum atomic E-state index is -3.43. The third-order valence-electron chi connectivity index (χ3n) is 4.77. The Balaban J connectivity index is 1.74. The largest absolute Gasteiger partial charge is 0.322 e. The summed E-state index contributed by atoms with van der Waals surface area (Å²) in [7, 11) is -3.43. The van der Waals surface area contributed by atoms with Crippen LogP contribution in [0.1, 0.15) is 31.8 Å². The Morgan fingerprint density at radius 3 is 2.13 bits per heavy atom. The first-order valence-electron chi connectivity index (χ1n) is 9.34. The summed E-state index contributed by atoms with van der Waals surface area (Å²) in [5.74, 6) is -0.771. The zero-order valence-corrected chi connectivity index (χ0v) is 18.8. The first kappa shape index (κ1) is 22.5. The fraction of sp³-hybridized carbons (Fsp3) is 0.130. The zero-order chi connectivity index (χ0) is 22.8. The van der Waals surface area contributed by atoms with Crippen LogP contribution in [0.15, 0.2) is 65.6 Å². The summed E-state index contributed by atoms with van der Waals surface area (Å²) < 4.78 is 23.4. The Kier molecular flexibility index (Phi) is 6.48. The van der Waals surface area contributed by atoms with Crippen molar-refractivity contribution in [2.24, 2.45) is 0 Å². The average Bonchev–Trinajstić information content (AvgIpc) is 2.71. The number of hydrogen-bond donors (Lipinski definition) is 2. The molecule has 0 unspecified atom stereocenters. The van der Waals surface area contributed by atoms with Gasteiger partial charge >= 0.3 is 0 Å². The Bertz CT molecular complexity index is 1290. The van der Waals surface area contributed by atoms with Crippen molar-refractivity contribution in [1.29, 1.82) is 0 Å². The molecule has 0 spiro atoms. The van der Waals surface area contributed by atoms with Crippen LogP contribution in [0.5, 0.6) is 0 Å². The summed E-state index contributed by atoms with van der Waals surface area (Å²) >= 11 is 6.28. The quantitative estimate of drug-likeness (QED) is 0.573. The molecular formula is C23H21ClN2O4S. The number of rotatable bonds is 5. The minimum absolute atomic E-state index is 0.0515. The number of carbonyl (C=O) groups excluding carboxylic acids is 2. The van der Waals surface area contributed by atoms with E-state index in [1.165, 1.54) is 30.3 Å². The molecule has 6 nitrogen and oxygen atoms in total. The lowest BCUT2D eigenvalue weighted by Crippen LogP contribution is -2.14. The maximum absolute atomic E-state index is 12.5. The molecule has 0 bridgehead atoms. The normalized spacial score (nSPS) is 11.1. The molecule has 0 aliphatic heterocycles. The van der Waals surface area contributed by atoms with Gasteiger partial charge in [0.2, 0.25) is 0 Å². The number of benzene rings is 3. The first-order valence-corrected chi connectivity index (χ1v) is 11.6. The maximum Gasteiger partial charge on any atom is 0.255 e. The van der Waals surface area contributed by atoms with E-state index in [1.807, 2.05) is 26.0 Å². The van der Waals surface area contributed by atoms with Crippen LogP contribution in [-0.4, -0.2) is 26.5 Å². The van der Waals surface area contributed by atoms with E-state index in [4.69, 9.17) is 11.6 Å². The number of halogens is 1. The lowest BCUT2D eigenvalue weighted by atomic mass is 10.1. The second-order valence-corrected chi connectivity index (χ2v) is 9.62. The van der Waals surface area contributed by atoms with Crippen molar-refractivity contribution in [1.82, 2.24) is 0 Å². The molecule has 0 heterocycles. The van der Waals surface area contributed by atoms with E-state index in [0.29, 0.717) is 16.9 Å². The third kappa shape index (κ3) is 5.51. The fourth-order valence-corrected chi connectivity index (χ4v) is 3.74. The van der Waals surface area contributed by atoms with Crippen molar-refractivity contribution in [2.45, 2.75) is 18.7 Å². The summed E-state index contributed by atoms with van der Waals surface area (Å²) in [6.07, 6.45) is 1.08. The molecular weight excluding hydrogens is 436 g/mol. The van der Waals surface area contributed by atoms with E-state index in [1.54, 1.807) is 18.2 Å². The molecule has 3 aromatic rings. The minimum Gasteiger partial charge on any atom is -0.322 e. The van der Waals surface area contributed by atoms with Crippen LogP contribution in [0.2, 0.25) is 5.02 Å². The number of amides is 2. The Morgan fingerprint density at radius 1 is 0.806 bits per heavy atom. The SMILES string of the molecule is Cc1ccc(C(=O)Nc2ccc(NC(=O)c3cccc(S(C)(=O)=O)c3)c(Cl)c2)cc1C. The van der Waals surface area contributed by atoms with E-state index in [9.17, 15) is 18.0 Å². The lowest BCUT2D eigenvalue weighted by Gasteiger charge is -2.11. The predicted molar refractivity (Wildman–Crippen MR) is 123 cm³/mol. The highest BCUT2D eigenvalue weighted by Gasteiger charge is 2.14. The highest BCUT2D eigenvalue weighted by Crippen LogP contribution is 2.27.